The highest BCUT2D eigenvalue weighted by Gasteiger charge is 2.25. The maximum atomic E-state index is 12.7. The van der Waals surface area contributed by atoms with Gasteiger partial charge in [-0.15, -0.1) is 0 Å². The first kappa shape index (κ1) is 16.7. The molecule has 1 heterocycles. The number of carbonyl (C=O) groups excluding carboxylic acids is 2. The minimum absolute atomic E-state index is 0.0502. The van der Waals surface area contributed by atoms with Crippen LogP contribution in [-0.2, 0) is 16.0 Å². The molecule has 6 nitrogen and oxygen atoms in total. The number of hydrogen-bond acceptors (Lipinski definition) is 4. The van der Waals surface area contributed by atoms with Crippen LogP contribution in [0.3, 0.4) is 0 Å². The smallest absolute Gasteiger partial charge is 0.270 e. The Hall–Kier alpha value is -2.65. The number of fused-ring (bicyclic) bond motifs is 1. The maximum Gasteiger partial charge on any atom is 0.270 e. The van der Waals surface area contributed by atoms with Gasteiger partial charge < -0.3 is 15.5 Å². The van der Waals surface area contributed by atoms with Gasteiger partial charge >= 0.3 is 0 Å². The van der Waals surface area contributed by atoms with Gasteiger partial charge in [-0.3, -0.25) is 9.59 Å². The van der Waals surface area contributed by atoms with Crippen molar-refractivity contribution in [2.24, 2.45) is 5.73 Å². The van der Waals surface area contributed by atoms with Crippen molar-refractivity contribution >= 4 is 18.0 Å². The van der Waals surface area contributed by atoms with E-state index in [-0.39, 0.29) is 11.5 Å². The summed E-state index contributed by atoms with van der Waals surface area (Å²) in [6.07, 6.45) is 4.29. The molecule has 0 spiro atoms. The highest BCUT2D eigenvalue weighted by Crippen LogP contribution is 2.27. The van der Waals surface area contributed by atoms with Crippen molar-refractivity contribution in [1.29, 1.82) is 5.26 Å². The molecule has 1 aliphatic rings. The molecule has 6 heteroatoms. The van der Waals surface area contributed by atoms with Gasteiger partial charge in [-0.25, -0.2) is 0 Å². The molecule has 2 N–H and O–H groups in total. The highest BCUT2D eigenvalue weighted by atomic mass is 16.2. The zero-order valence-electron chi connectivity index (χ0n) is 12.9. The molecule has 1 aromatic rings. The predicted octanol–water partition coefficient (Wildman–Crippen LogP) is 1.18. The fourth-order valence-corrected chi connectivity index (χ4v) is 2.61. The van der Waals surface area contributed by atoms with E-state index < -0.39 is 0 Å². The van der Waals surface area contributed by atoms with E-state index in [0.29, 0.717) is 32.5 Å². The largest absolute Gasteiger partial charge is 0.330 e. The third-order valence-electron chi connectivity index (χ3n) is 3.76. The SMILES string of the molecule is N#C/C(=C/N(C=O)CCCN)C(=O)N1CCCc2ccccc21. The number of nitriles is 1. The Kier molecular flexibility index (Phi) is 5.89. The molecular weight excluding hydrogens is 292 g/mol. The third kappa shape index (κ3) is 3.96. The molecule has 0 bridgehead atoms. The van der Waals surface area contributed by atoms with Gasteiger partial charge in [0.05, 0.1) is 0 Å². The summed E-state index contributed by atoms with van der Waals surface area (Å²) in [5.41, 5.74) is 7.31. The molecule has 0 unspecified atom stereocenters. The van der Waals surface area contributed by atoms with Gasteiger partial charge in [0.25, 0.3) is 5.91 Å². The number of rotatable bonds is 6. The minimum atomic E-state index is -0.376. The maximum absolute atomic E-state index is 12.7. The van der Waals surface area contributed by atoms with Gasteiger partial charge in [-0.1, -0.05) is 18.2 Å². The number of aryl methyl sites for hydroxylation is 1. The lowest BCUT2D eigenvalue weighted by molar-refractivity contribution is -0.116. The minimum Gasteiger partial charge on any atom is -0.330 e. The average molecular weight is 312 g/mol. The lowest BCUT2D eigenvalue weighted by atomic mass is 10.0. The number of para-hydroxylation sites is 1. The Balaban J connectivity index is 2.24. The summed E-state index contributed by atoms with van der Waals surface area (Å²) < 4.78 is 0. The average Bonchev–Trinajstić information content (AvgIpc) is 2.61. The van der Waals surface area contributed by atoms with Gasteiger partial charge in [0.15, 0.2) is 0 Å². The molecule has 0 aliphatic carbocycles. The van der Waals surface area contributed by atoms with Crippen LogP contribution in [0.15, 0.2) is 36.0 Å². The third-order valence-corrected chi connectivity index (χ3v) is 3.76. The zero-order valence-corrected chi connectivity index (χ0v) is 12.9. The van der Waals surface area contributed by atoms with Crippen LogP contribution < -0.4 is 10.6 Å². The highest BCUT2D eigenvalue weighted by molar-refractivity contribution is 6.08. The zero-order chi connectivity index (χ0) is 16.7. The molecule has 23 heavy (non-hydrogen) atoms. The predicted molar refractivity (Wildman–Crippen MR) is 87.3 cm³/mol. The van der Waals surface area contributed by atoms with E-state index in [1.165, 1.54) is 11.1 Å². The second kappa shape index (κ2) is 8.11. The molecule has 120 valence electrons. The molecule has 2 amide bonds. The first-order valence-corrected chi connectivity index (χ1v) is 7.64. The van der Waals surface area contributed by atoms with Crippen molar-refractivity contribution in [2.45, 2.75) is 19.3 Å². The van der Waals surface area contributed by atoms with E-state index in [4.69, 9.17) is 5.73 Å². The number of carbonyl (C=O) groups is 2. The fourth-order valence-electron chi connectivity index (χ4n) is 2.61. The van der Waals surface area contributed by atoms with Crippen molar-refractivity contribution in [3.05, 3.63) is 41.6 Å². The molecule has 0 saturated heterocycles. The second-order valence-corrected chi connectivity index (χ2v) is 5.33. The van der Waals surface area contributed by atoms with E-state index in [1.54, 1.807) is 4.90 Å². The molecule has 0 saturated carbocycles. The van der Waals surface area contributed by atoms with Gasteiger partial charge in [0.2, 0.25) is 6.41 Å². The van der Waals surface area contributed by atoms with E-state index >= 15 is 0 Å². The van der Waals surface area contributed by atoms with Gasteiger partial charge in [-0.2, -0.15) is 5.26 Å². The summed E-state index contributed by atoms with van der Waals surface area (Å²) in [5, 5.41) is 9.31. The lowest BCUT2D eigenvalue weighted by Gasteiger charge is -2.29. The Morgan fingerprint density at radius 1 is 1.43 bits per heavy atom. The Labute approximate surface area is 135 Å². The molecular formula is C17H20N4O2. The molecule has 0 aromatic heterocycles. The van der Waals surface area contributed by atoms with Crippen molar-refractivity contribution in [3.63, 3.8) is 0 Å². The number of hydrogen-bond donors (Lipinski definition) is 1. The summed E-state index contributed by atoms with van der Waals surface area (Å²) in [6, 6.07) is 9.59. The van der Waals surface area contributed by atoms with Gasteiger partial charge in [-0.05, 0) is 37.4 Å². The Morgan fingerprint density at radius 3 is 2.91 bits per heavy atom. The lowest BCUT2D eigenvalue weighted by Crippen LogP contribution is -2.36. The quantitative estimate of drug-likeness (QED) is 0.485. The number of nitrogens with two attached hydrogens (primary N) is 1. The van der Waals surface area contributed by atoms with Crippen molar-refractivity contribution in [2.75, 3.05) is 24.5 Å². The van der Waals surface area contributed by atoms with E-state index in [0.717, 1.165) is 24.1 Å². The number of anilines is 1. The number of nitrogens with zero attached hydrogens (tertiary/aromatic N) is 3. The summed E-state index contributed by atoms with van der Waals surface area (Å²) in [7, 11) is 0. The molecule has 0 atom stereocenters. The van der Waals surface area contributed by atoms with Crippen LogP contribution >= 0.6 is 0 Å². The fraction of sp³-hybridized carbons (Fsp3) is 0.353. The monoisotopic (exact) mass is 312 g/mol. The standard InChI is InChI=1S/C17H20N4O2/c18-8-4-9-20(13-22)12-15(11-19)17(23)21-10-3-6-14-5-1-2-7-16(14)21/h1-2,5,7,12-13H,3-4,6,8-10,18H2/b15-12-. The first-order valence-electron chi connectivity index (χ1n) is 7.64. The number of benzene rings is 1. The molecule has 0 fully saturated rings. The summed E-state index contributed by atoms with van der Waals surface area (Å²) in [4.78, 5) is 26.7. The summed E-state index contributed by atoms with van der Waals surface area (Å²) in [5.74, 6) is -0.376. The topological polar surface area (TPSA) is 90.4 Å². The van der Waals surface area contributed by atoms with Crippen LogP contribution in [0.5, 0.6) is 0 Å². The van der Waals surface area contributed by atoms with Crippen LogP contribution in [0.25, 0.3) is 0 Å². The van der Waals surface area contributed by atoms with Crippen LogP contribution in [0, 0.1) is 11.3 Å². The first-order chi connectivity index (χ1) is 11.2. The van der Waals surface area contributed by atoms with Gasteiger partial charge in [0.1, 0.15) is 11.6 Å². The van der Waals surface area contributed by atoms with Crippen LogP contribution in [0.2, 0.25) is 0 Å². The van der Waals surface area contributed by atoms with Crippen molar-refractivity contribution in [1.82, 2.24) is 4.90 Å². The molecule has 1 aromatic carbocycles. The van der Waals surface area contributed by atoms with Crippen molar-refractivity contribution in [3.8, 4) is 6.07 Å². The van der Waals surface area contributed by atoms with E-state index in [2.05, 4.69) is 0 Å². The molecule has 1 aliphatic heterocycles. The number of amides is 2. The Bertz CT molecular complexity index is 648. The van der Waals surface area contributed by atoms with E-state index in [1.807, 2.05) is 30.3 Å². The normalized spacial score (nSPS) is 13.9. The molecule has 0 radical (unpaired) electrons. The molecule has 2 rings (SSSR count). The van der Waals surface area contributed by atoms with Crippen LogP contribution in [0.4, 0.5) is 5.69 Å². The second-order valence-electron chi connectivity index (χ2n) is 5.33. The van der Waals surface area contributed by atoms with E-state index in [9.17, 15) is 14.9 Å². The summed E-state index contributed by atoms with van der Waals surface area (Å²) in [6.45, 7) is 1.39. The van der Waals surface area contributed by atoms with Gasteiger partial charge in [0, 0.05) is 25.0 Å². The van der Waals surface area contributed by atoms with Crippen molar-refractivity contribution < 1.29 is 9.59 Å². The Morgan fingerprint density at radius 2 is 2.22 bits per heavy atom. The van der Waals surface area contributed by atoms with Crippen LogP contribution in [-0.4, -0.2) is 36.9 Å². The van der Waals surface area contributed by atoms with Crippen LogP contribution in [0.1, 0.15) is 18.4 Å². The summed E-state index contributed by atoms with van der Waals surface area (Å²) >= 11 is 0.